The van der Waals surface area contributed by atoms with Gasteiger partial charge in [-0.05, 0) is 50.5 Å². The fraction of sp³-hybridized carbons (Fsp3) is 0.500. The van der Waals surface area contributed by atoms with E-state index in [2.05, 4.69) is 0 Å². The van der Waals surface area contributed by atoms with E-state index in [1.165, 1.54) is 5.56 Å². The Balaban J connectivity index is 2.97. The summed E-state index contributed by atoms with van der Waals surface area (Å²) in [6.45, 7) is 8.87. The highest BCUT2D eigenvalue weighted by Gasteiger charge is 2.12. The second kappa shape index (κ2) is 6.40. The van der Waals surface area contributed by atoms with Gasteiger partial charge in [-0.3, -0.25) is 4.79 Å². The Hall–Kier alpha value is -1.35. The van der Waals surface area contributed by atoms with Crippen LogP contribution in [0.5, 0.6) is 5.75 Å². The van der Waals surface area contributed by atoms with Crippen molar-refractivity contribution in [1.29, 1.82) is 0 Å². The second-order valence-electron chi connectivity index (χ2n) is 3.98. The maximum absolute atomic E-state index is 10.3. The first kappa shape index (κ1) is 13.7. The third kappa shape index (κ3) is 3.30. The number of carbonyl (C=O) groups excluding carboxylic acids is 1. The van der Waals surface area contributed by atoms with Crippen LogP contribution in [0, 0.1) is 13.8 Å². The van der Waals surface area contributed by atoms with Crippen molar-refractivity contribution >= 4 is 6.29 Å². The molecule has 1 atom stereocenters. The Morgan fingerprint density at radius 1 is 1.29 bits per heavy atom. The molecule has 1 rings (SSSR count). The molecule has 1 unspecified atom stereocenters. The van der Waals surface area contributed by atoms with Crippen LogP contribution in [0.15, 0.2) is 12.1 Å². The van der Waals surface area contributed by atoms with Crippen molar-refractivity contribution in [2.24, 2.45) is 0 Å². The number of carbonyl (C=O) groups is 1. The summed E-state index contributed by atoms with van der Waals surface area (Å²) in [6.07, 6.45) is 0.838. The molecule has 0 saturated heterocycles. The highest BCUT2D eigenvalue weighted by molar-refractivity contribution is 5.52. The van der Waals surface area contributed by atoms with Crippen LogP contribution in [0.2, 0.25) is 0 Å². The average molecular weight is 236 g/mol. The van der Waals surface area contributed by atoms with E-state index in [-0.39, 0.29) is 12.7 Å². The van der Waals surface area contributed by atoms with E-state index in [0.717, 1.165) is 23.2 Å². The quantitative estimate of drug-likeness (QED) is 0.712. The van der Waals surface area contributed by atoms with Gasteiger partial charge in [-0.2, -0.15) is 0 Å². The Labute approximate surface area is 103 Å². The van der Waals surface area contributed by atoms with Crippen molar-refractivity contribution < 1.29 is 14.3 Å². The van der Waals surface area contributed by atoms with Gasteiger partial charge in [-0.15, -0.1) is 0 Å². The molecule has 0 bridgehead atoms. The van der Waals surface area contributed by atoms with Crippen LogP contribution in [-0.4, -0.2) is 19.5 Å². The largest absolute Gasteiger partial charge is 0.486 e. The number of aldehydes is 1. The van der Waals surface area contributed by atoms with E-state index >= 15 is 0 Å². The lowest BCUT2D eigenvalue weighted by Crippen LogP contribution is -2.05. The van der Waals surface area contributed by atoms with Crippen molar-refractivity contribution in [1.82, 2.24) is 0 Å². The molecule has 0 aliphatic rings. The summed E-state index contributed by atoms with van der Waals surface area (Å²) in [5.41, 5.74) is 3.40. The average Bonchev–Trinajstić information content (AvgIpc) is 2.31. The summed E-state index contributed by atoms with van der Waals surface area (Å²) in [4.78, 5) is 10.3. The molecule has 1 aromatic carbocycles. The summed E-state index contributed by atoms with van der Waals surface area (Å²) in [7, 11) is 0. The van der Waals surface area contributed by atoms with Crippen molar-refractivity contribution in [2.45, 2.75) is 33.8 Å². The predicted molar refractivity (Wildman–Crippen MR) is 67.5 cm³/mol. The van der Waals surface area contributed by atoms with Gasteiger partial charge in [-0.1, -0.05) is 6.07 Å². The summed E-state index contributed by atoms with van der Waals surface area (Å²) < 4.78 is 10.9. The van der Waals surface area contributed by atoms with E-state index in [1.54, 1.807) is 0 Å². The minimum absolute atomic E-state index is 0.0822. The molecule has 0 amide bonds. The summed E-state index contributed by atoms with van der Waals surface area (Å²) >= 11 is 0. The van der Waals surface area contributed by atoms with Crippen LogP contribution in [0.1, 0.15) is 36.6 Å². The SMILES string of the molecule is CCOC(C)c1ccc(OCC=O)c(C)c1C. The van der Waals surface area contributed by atoms with E-state index < -0.39 is 0 Å². The molecule has 3 heteroatoms. The third-order valence-electron chi connectivity index (χ3n) is 2.94. The topological polar surface area (TPSA) is 35.5 Å². The van der Waals surface area contributed by atoms with Gasteiger partial charge in [0.2, 0.25) is 0 Å². The highest BCUT2D eigenvalue weighted by atomic mass is 16.5. The van der Waals surface area contributed by atoms with E-state index in [1.807, 2.05) is 39.8 Å². The molecule has 0 saturated carbocycles. The monoisotopic (exact) mass is 236 g/mol. The molecule has 0 aromatic heterocycles. The molecule has 0 radical (unpaired) electrons. The van der Waals surface area contributed by atoms with Gasteiger partial charge in [-0.25, -0.2) is 0 Å². The van der Waals surface area contributed by atoms with Gasteiger partial charge < -0.3 is 9.47 Å². The standard InChI is InChI=1S/C14H20O3/c1-5-16-12(4)13-6-7-14(17-9-8-15)11(3)10(13)2/h6-8,12H,5,9H2,1-4H3. The lowest BCUT2D eigenvalue weighted by molar-refractivity contribution is -0.109. The molecule has 0 aliphatic heterocycles. The Kier molecular flexibility index (Phi) is 5.16. The zero-order valence-electron chi connectivity index (χ0n) is 10.9. The van der Waals surface area contributed by atoms with Gasteiger partial charge in [0.05, 0.1) is 6.10 Å². The molecular formula is C14H20O3. The van der Waals surface area contributed by atoms with Gasteiger partial charge in [0.1, 0.15) is 12.4 Å². The highest BCUT2D eigenvalue weighted by Crippen LogP contribution is 2.29. The van der Waals surface area contributed by atoms with E-state index in [9.17, 15) is 4.79 Å². The minimum Gasteiger partial charge on any atom is -0.486 e. The fourth-order valence-corrected chi connectivity index (χ4v) is 1.88. The van der Waals surface area contributed by atoms with Gasteiger partial charge in [0, 0.05) is 6.61 Å². The van der Waals surface area contributed by atoms with Crippen LogP contribution >= 0.6 is 0 Å². The molecule has 0 fully saturated rings. The molecule has 17 heavy (non-hydrogen) atoms. The summed E-state index contributed by atoms with van der Waals surface area (Å²) in [6, 6.07) is 3.90. The normalized spacial score (nSPS) is 12.2. The first-order chi connectivity index (χ1) is 8.11. The number of hydrogen-bond acceptors (Lipinski definition) is 3. The molecule has 0 spiro atoms. The smallest absolute Gasteiger partial charge is 0.157 e. The van der Waals surface area contributed by atoms with Crippen LogP contribution in [-0.2, 0) is 9.53 Å². The molecule has 1 aromatic rings. The van der Waals surface area contributed by atoms with Crippen LogP contribution < -0.4 is 4.74 Å². The fourth-order valence-electron chi connectivity index (χ4n) is 1.88. The molecule has 94 valence electrons. The maximum atomic E-state index is 10.3. The predicted octanol–water partition coefficient (Wildman–Crippen LogP) is 2.98. The molecule has 0 aliphatic carbocycles. The molecular weight excluding hydrogens is 216 g/mol. The Bertz CT molecular complexity index is 385. The van der Waals surface area contributed by atoms with Gasteiger partial charge in [0.15, 0.2) is 6.29 Å². The van der Waals surface area contributed by atoms with E-state index in [0.29, 0.717) is 6.61 Å². The van der Waals surface area contributed by atoms with Crippen LogP contribution in [0.3, 0.4) is 0 Å². The molecule has 0 N–H and O–H groups in total. The zero-order chi connectivity index (χ0) is 12.8. The van der Waals surface area contributed by atoms with E-state index in [4.69, 9.17) is 9.47 Å². The number of benzene rings is 1. The minimum atomic E-state index is 0.0822. The van der Waals surface area contributed by atoms with Gasteiger partial charge in [0.25, 0.3) is 0 Å². The van der Waals surface area contributed by atoms with Crippen molar-refractivity contribution in [2.75, 3.05) is 13.2 Å². The number of rotatable bonds is 6. The second-order valence-corrected chi connectivity index (χ2v) is 3.98. The number of hydrogen-bond donors (Lipinski definition) is 0. The lowest BCUT2D eigenvalue weighted by atomic mass is 9.99. The Morgan fingerprint density at radius 3 is 2.59 bits per heavy atom. The van der Waals surface area contributed by atoms with Crippen LogP contribution in [0.4, 0.5) is 0 Å². The molecule has 0 heterocycles. The van der Waals surface area contributed by atoms with Crippen molar-refractivity contribution in [3.05, 3.63) is 28.8 Å². The van der Waals surface area contributed by atoms with Crippen molar-refractivity contribution in [3.8, 4) is 5.75 Å². The number of ether oxygens (including phenoxy) is 2. The first-order valence-corrected chi connectivity index (χ1v) is 5.89. The lowest BCUT2D eigenvalue weighted by Gasteiger charge is -2.18. The first-order valence-electron chi connectivity index (χ1n) is 5.89. The van der Waals surface area contributed by atoms with Crippen molar-refractivity contribution in [3.63, 3.8) is 0 Å². The third-order valence-corrected chi connectivity index (χ3v) is 2.94. The summed E-state index contributed by atoms with van der Waals surface area (Å²) in [5.74, 6) is 0.766. The Morgan fingerprint density at radius 2 is 2.00 bits per heavy atom. The maximum Gasteiger partial charge on any atom is 0.157 e. The summed E-state index contributed by atoms with van der Waals surface area (Å²) in [5, 5.41) is 0. The molecule has 3 nitrogen and oxygen atoms in total. The van der Waals surface area contributed by atoms with Gasteiger partial charge >= 0.3 is 0 Å². The van der Waals surface area contributed by atoms with Crippen LogP contribution in [0.25, 0.3) is 0 Å². The zero-order valence-corrected chi connectivity index (χ0v) is 10.9.